The fourth-order valence-corrected chi connectivity index (χ4v) is 3.26. The summed E-state index contributed by atoms with van der Waals surface area (Å²) in [5, 5.41) is 2.33. The van der Waals surface area contributed by atoms with E-state index in [0.717, 1.165) is 12.5 Å². The van der Waals surface area contributed by atoms with Crippen molar-refractivity contribution in [2.24, 2.45) is 5.92 Å². The Kier molecular flexibility index (Phi) is 7.46. The molecule has 2 aromatic carbocycles. The molecular weight excluding hydrogens is 427 g/mol. The van der Waals surface area contributed by atoms with Crippen molar-refractivity contribution >= 4 is 40.8 Å². The summed E-state index contributed by atoms with van der Waals surface area (Å²) < 4.78 is 23.7. The molecule has 1 N–H and O–H groups in total. The largest absolute Gasteiger partial charge is 0.494 e. The van der Waals surface area contributed by atoms with Gasteiger partial charge in [0.05, 0.1) is 17.5 Å². The molecule has 0 spiro atoms. The van der Waals surface area contributed by atoms with Crippen LogP contribution in [0.4, 0.5) is 15.8 Å². The van der Waals surface area contributed by atoms with Gasteiger partial charge in [-0.05, 0) is 48.9 Å². The van der Waals surface area contributed by atoms with E-state index >= 15 is 0 Å². The lowest BCUT2D eigenvalue weighted by Crippen LogP contribution is -2.28. The first-order valence-corrected chi connectivity index (χ1v) is 10.2. The van der Waals surface area contributed by atoms with Crippen molar-refractivity contribution in [2.45, 2.75) is 19.8 Å². The van der Waals surface area contributed by atoms with Gasteiger partial charge >= 0.3 is 5.97 Å². The van der Waals surface area contributed by atoms with Crippen molar-refractivity contribution < 1.29 is 28.2 Å². The van der Waals surface area contributed by atoms with Crippen LogP contribution in [-0.4, -0.2) is 37.5 Å². The number of nitrogens with one attached hydrogen (secondary N) is 1. The number of carbonyl (C=O) groups excluding carboxylic acids is 3. The van der Waals surface area contributed by atoms with Gasteiger partial charge in [-0.1, -0.05) is 18.5 Å². The smallest absolute Gasteiger partial charge is 0.311 e. The zero-order chi connectivity index (χ0) is 22.4. The Hall–Kier alpha value is -3.13. The molecule has 0 radical (unpaired) electrons. The molecule has 1 aliphatic rings. The van der Waals surface area contributed by atoms with Gasteiger partial charge in [-0.25, -0.2) is 4.39 Å². The van der Waals surface area contributed by atoms with Gasteiger partial charge < -0.3 is 19.7 Å². The quantitative estimate of drug-likeness (QED) is 0.621. The molecule has 0 bridgehead atoms. The normalized spacial score (nSPS) is 15.6. The molecule has 3 rings (SSSR count). The lowest BCUT2D eigenvalue weighted by Gasteiger charge is -2.17. The first kappa shape index (κ1) is 22.6. The van der Waals surface area contributed by atoms with E-state index in [4.69, 9.17) is 21.1 Å². The summed E-state index contributed by atoms with van der Waals surface area (Å²) in [4.78, 5) is 38.2. The SMILES string of the molecule is CCCOc1ccc(N2C[C@H](C(=O)OCC(=O)Nc3ccc(F)c(Cl)c3)CC2=O)cc1. The molecule has 1 atom stereocenters. The minimum Gasteiger partial charge on any atom is -0.494 e. The number of benzene rings is 2. The molecule has 0 unspecified atom stereocenters. The Labute approximate surface area is 184 Å². The summed E-state index contributed by atoms with van der Waals surface area (Å²) in [7, 11) is 0. The summed E-state index contributed by atoms with van der Waals surface area (Å²) in [6.07, 6.45) is 0.897. The van der Waals surface area contributed by atoms with E-state index in [1.54, 1.807) is 24.3 Å². The number of rotatable bonds is 8. The standard InChI is InChI=1S/C22H22ClFN2O5/c1-2-9-30-17-6-4-16(5-7-17)26-12-14(10-21(26)28)22(29)31-13-20(27)25-15-3-8-19(24)18(23)11-15/h3-8,11,14H,2,9-10,12-13H2,1H3,(H,25,27)/t14-/m1/s1. The van der Waals surface area contributed by atoms with Crippen LogP contribution in [0.15, 0.2) is 42.5 Å². The molecule has 7 nitrogen and oxygen atoms in total. The van der Waals surface area contributed by atoms with Crippen LogP contribution in [0, 0.1) is 11.7 Å². The van der Waals surface area contributed by atoms with Crippen LogP contribution in [0.1, 0.15) is 19.8 Å². The number of hydrogen-bond donors (Lipinski definition) is 1. The first-order chi connectivity index (χ1) is 14.9. The summed E-state index contributed by atoms with van der Waals surface area (Å²) in [5.41, 5.74) is 0.941. The maximum absolute atomic E-state index is 13.2. The van der Waals surface area contributed by atoms with Crippen LogP contribution < -0.4 is 15.0 Å². The molecule has 0 aliphatic carbocycles. The van der Waals surface area contributed by atoms with Crippen molar-refractivity contribution in [3.8, 4) is 5.75 Å². The number of esters is 1. The predicted octanol–water partition coefficient (Wildman–Crippen LogP) is 3.80. The van der Waals surface area contributed by atoms with E-state index in [1.165, 1.54) is 17.0 Å². The Morgan fingerprint density at radius 3 is 2.65 bits per heavy atom. The van der Waals surface area contributed by atoms with Crippen LogP contribution >= 0.6 is 11.6 Å². The minimum absolute atomic E-state index is 0.00209. The maximum Gasteiger partial charge on any atom is 0.311 e. The lowest BCUT2D eigenvalue weighted by atomic mass is 10.1. The van der Waals surface area contributed by atoms with Crippen molar-refractivity contribution in [3.63, 3.8) is 0 Å². The average molecular weight is 449 g/mol. The van der Waals surface area contributed by atoms with E-state index in [-0.39, 0.29) is 29.6 Å². The van der Waals surface area contributed by atoms with Crippen molar-refractivity contribution in [1.82, 2.24) is 0 Å². The highest BCUT2D eigenvalue weighted by molar-refractivity contribution is 6.31. The third kappa shape index (κ3) is 5.95. The maximum atomic E-state index is 13.2. The van der Waals surface area contributed by atoms with Crippen LogP contribution in [0.2, 0.25) is 5.02 Å². The second kappa shape index (κ2) is 10.3. The number of halogens is 2. The third-order valence-electron chi connectivity index (χ3n) is 4.63. The summed E-state index contributed by atoms with van der Waals surface area (Å²) in [5.74, 6) is -2.00. The average Bonchev–Trinajstić information content (AvgIpc) is 3.15. The molecule has 164 valence electrons. The van der Waals surface area contributed by atoms with E-state index in [9.17, 15) is 18.8 Å². The molecule has 2 aromatic rings. The fourth-order valence-electron chi connectivity index (χ4n) is 3.08. The second-order valence-corrected chi connectivity index (χ2v) is 7.44. The van der Waals surface area contributed by atoms with E-state index in [2.05, 4.69) is 5.32 Å². The second-order valence-electron chi connectivity index (χ2n) is 7.03. The highest BCUT2D eigenvalue weighted by Crippen LogP contribution is 2.27. The Morgan fingerprint density at radius 1 is 1.23 bits per heavy atom. The van der Waals surface area contributed by atoms with E-state index < -0.39 is 30.2 Å². The van der Waals surface area contributed by atoms with Crippen LogP contribution in [0.3, 0.4) is 0 Å². The van der Waals surface area contributed by atoms with Gasteiger partial charge in [-0.2, -0.15) is 0 Å². The number of hydrogen-bond acceptors (Lipinski definition) is 5. The van der Waals surface area contributed by atoms with Crippen LogP contribution in [0.25, 0.3) is 0 Å². The number of ether oxygens (including phenoxy) is 2. The fraction of sp³-hybridized carbons (Fsp3) is 0.318. The monoisotopic (exact) mass is 448 g/mol. The molecule has 31 heavy (non-hydrogen) atoms. The van der Waals surface area contributed by atoms with Crippen molar-refractivity contribution in [3.05, 3.63) is 53.3 Å². The molecule has 1 aliphatic heterocycles. The molecule has 1 saturated heterocycles. The molecule has 2 amide bonds. The summed E-state index contributed by atoms with van der Waals surface area (Å²) in [6.45, 7) is 2.26. The van der Waals surface area contributed by atoms with Gasteiger partial charge in [-0.3, -0.25) is 14.4 Å². The molecular formula is C22H22ClFN2O5. The molecule has 0 saturated carbocycles. The molecule has 9 heteroatoms. The van der Waals surface area contributed by atoms with Gasteiger partial charge in [0.15, 0.2) is 6.61 Å². The van der Waals surface area contributed by atoms with Crippen molar-refractivity contribution in [1.29, 1.82) is 0 Å². The highest BCUT2D eigenvalue weighted by atomic mass is 35.5. The van der Waals surface area contributed by atoms with Crippen LogP contribution in [0.5, 0.6) is 5.75 Å². The van der Waals surface area contributed by atoms with Gasteiger partial charge in [-0.15, -0.1) is 0 Å². The highest BCUT2D eigenvalue weighted by Gasteiger charge is 2.36. The number of anilines is 2. The zero-order valence-electron chi connectivity index (χ0n) is 16.9. The Balaban J connectivity index is 1.50. The van der Waals surface area contributed by atoms with Gasteiger partial charge in [0.2, 0.25) is 5.91 Å². The van der Waals surface area contributed by atoms with Gasteiger partial charge in [0.25, 0.3) is 5.91 Å². The summed E-state index contributed by atoms with van der Waals surface area (Å²) >= 11 is 5.66. The van der Waals surface area contributed by atoms with E-state index in [1.807, 2.05) is 6.92 Å². The number of amides is 2. The minimum atomic E-state index is -0.670. The molecule has 1 heterocycles. The topological polar surface area (TPSA) is 84.9 Å². The summed E-state index contributed by atoms with van der Waals surface area (Å²) in [6, 6.07) is 10.8. The van der Waals surface area contributed by atoms with Crippen LogP contribution in [-0.2, 0) is 19.1 Å². The van der Waals surface area contributed by atoms with Crippen molar-refractivity contribution in [2.75, 3.05) is 30.0 Å². The van der Waals surface area contributed by atoms with E-state index in [0.29, 0.717) is 18.0 Å². The number of nitrogens with zero attached hydrogens (tertiary/aromatic N) is 1. The zero-order valence-corrected chi connectivity index (χ0v) is 17.7. The Morgan fingerprint density at radius 2 is 1.97 bits per heavy atom. The Bertz CT molecular complexity index is 967. The van der Waals surface area contributed by atoms with Gasteiger partial charge in [0, 0.05) is 24.3 Å². The van der Waals surface area contributed by atoms with Gasteiger partial charge in [0.1, 0.15) is 11.6 Å². The predicted molar refractivity (Wildman–Crippen MR) is 114 cm³/mol. The third-order valence-corrected chi connectivity index (χ3v) is 4.92. The molecule has 0 aromatic heterocycles. The lowest BCUT2D eigenvalue weighted by molar-refractivity contribution is -0.151. The first-order valence-electron chi connectivity index (χ1n) is 9.82. The molecule has 1 fully saturated rings. The number of carbonyl (C=O) groups is 3.